The Hall–Kier alpha value is -8.34. The summed E-state index contributed by atoms with van der Waals surface area (Å²) in [5.41, 5.74) is 16.1. The molecule has 1 aliphatic rings. The lowest BCUT2D eigenvalue weighted by Crippen LogP contribution is -2.31. The predicted octanol–water partition coefficient (Wildman–Crippen LogP) is 15.1. The van der Waals surface area contributed by atoms with E-state index >= 15 is 0 Å². The van der Waals surface area contributed by atoms with Crippen molar-refractivity contribution < 1.29 is 4.42 Å². The zero-order valence-electron chi connectivity index (χ0n) is 34.2. The Morgan fingerprint density at radius 2 is 0.937 bits per heavy atom. The molecule has 12 rings (SSSR count). The molecule has 63 heavy (non-hydrogen) atoms. The summed E-state index contributed by atoms with van der Waals surface area (Å²) in [6, 6.07) is 77.1. The van der Waals surface area contributed by atoms with Gasteiger partial charge in [-0.1, -0.05) is 188 Å². The molecule has 0 aliphatic carbocycles. The van der Waals surface area contributed by atoms with E-state index in [0.717, 1.165) is 83.3 Å². The molecular formula is C59H39N3O. The molecule has 0 radical (unpaired) electrons. The SMILES string of the molecule is C1=C(c2ccccc2)N=C(c2ccccc2)NC1c1cccc(-c2ccc(-c3ccc(-c4ccc5c(c4)nc(-c4ccccc4)c4ccc6oc7ccccc7c6c45)cc3)cc2)c1. The number of benzene rings is 9. The van der Waals surface area contributed by atoms with Gasteiger partial charge in [-0.25, -0.2) is 9.98 Å². The van der Waals surface area contributed by atoms with E-state index in [4.69, 9.17) is 14.4 Å². The van der Waals surface area contributed by atoms with Gasteiger partial charge in [-0.05, 0) is 80.9 Å². The van der Waals surface area contributed by atoms with Gasteiger partial charge >= 0.3 is 0 Å². The topological polar surface area (TPSA) is 50.4 Å². The smallest absolute Gasteiger partial charge is 0.136 e. The van der Waals surface area contributed by atoms with Crippen LogP contribution >= 0.6 is 0 Å². The highest BCUT2D eigenvalue weighted by atomic mass is 16.3. The fourth-order valence-corrected chi connectivity index (χ4v) is 9.16. The lowest BCUT2D eigenvalue weighted by molar-refractivity contribution is 0.669. The lowest BCUT2D eigenvalue weighted by Gasteiger charge is -2.25. The third kappa shape index (κ3) is 6.66. The number of para-hydroxylation sites is 1. The van der Waals surface area contributed by atoms with Crippen LogP contribution in [0.15, 0.2) is 234 Å². The van der Waals surface area contributed by atoms with Gasteiger partial charge in [0.25, 0.3) is 0 Å². The zero-order chi connectivity index (χ0) is 41.7. The van der Waals surface area contributed by atoms with E-state index in [2.05, 4.69) is 206 Å². The number of aromatic nitrogens is 1. The molecule has 9 aromatic carbocycles. The van der Waals surface area contributed by atoms with Gasteiger partial charge in [0.05, 0.1) is 22.9 Å². The third-order valence-electron chi connectivity index (χ3n) is 12.3. The number of fused-ring (bicyclic) bond motifs is 7. The molecule has 0 bridgehead atoms. The van der Waals surface area contributed by atoms with E-state index in [1.54, 1.807) is 0 Å². The average Bonchev–Trinajstić information content (AvgIpc) is 3.76. The molecule has 0 spiro atoms. The van der Waals surface area contributed by atoms with E-state index < -0.39 is 0 Å². The van der Waals surface area contributed by atoms with Gasteiger partial charge in [0, 0.05) is 38.1 Å². The highest BCUT2D eigenvalue weighted by molar-refractivity contribution is 6.28. The number of pyridine rings is 1. The van der Waals surface area contributed by atoms with Crippen molar-refractivity contribution in [2.24, 2.45) is 4.99 Å². The Kier molecular flexibility index (Phi) is 8.86. The molecule has 4 nitrogen and oxygen atoms in total. The number of furan rings is 1. The molecule has 1 N–H and O–H groups in total. The summed E-state index contributed by atoms with van der Waals surface area (Å²) < 4.78 is 6.36. The van der Waals surface area contributed by atoms with E-state index in [-0.39, 0.29) is 6.04 Å². The molecule has 296 valence electrons. The van der Waals surface area contributed by atoms with Crippen molar-refractivity contribution in [1.82, 2.24) is 10.3 Å². The number of amidine groups is 1. The van der Waals surface area contributed by atoms with Gasteiger partial charge in [0.1, 0.15) is 17.0 Å². The summed E-state index contributed by atoms with van der Waals surface area (Å²) in [6.45, 7) is 0. The van der Waals surface area contributed by atoms with E-state index in [9.17, 15) is 0 Å². The molecule has 1 aliphatic heterocycles. The molecule has 0 fully saturated rings. The van der Waals surface area contributed by atoms with Crippen LogP contribution in [0.5, 0.6) is 0 Å². The van der Waals surface area contributed by atoms with Crippen molar-refractivity contribution in [2.45, 2.75) is 6.04 Å². The van der Waals surface area contributed by atoms with Gasteiger partial charge in [-0.3, -0.25) is 0 Å². The van der Waals surface area contributed by atoms with E-state index in [0.29, 0.717) is 0 Å². The van der Waals surface area contributed by atoms with Gasteiger partial charge < -0.3 is 9.73 Å². The highest BCUT2D eigenvalue weighted by Crippen LogP contribution is 2.42. The van der Waals surface area contributed by atoms with Crippen LogP contribution in [0.4, 0.5) is 0 Å². The van der Waals surface area contributed by atoms with Crippen LogP contribution < -0.4 is 5.32 Å². The van der Waals surface area contributed by atoms with Crippen LogP contribution in [0.3, 0.4) is 0 Å². The minimum Gasteiger partial charge on any atom is -0.456 e. The van der Waals surface area contributed by atoms with Crippen LogP contribution in [-0.4, -0.2) is 10.8 Å². The summed E-state index contributed by atoms with van der Waals surface area (Å²) in [7, 11) is 0. The molecule has 0 saturated heterocycles. The van der Waals surface area contributed by atoms with Crippen molar-refractivity contribution in [2.75, 3.05) is 0 Å². The van der Waals surface area contributed by atoms with E-state index in [1.807, 2.05) is 24.3 Å². The van der Waals surface area contributed by atoms with Gasteiger partial charge in [0.15, 0.2) is 0 Å². The molecule has 2 aromatic heterocycles. The normalized spacial score (nSPS) is 13.9. The number of aliphatic imine (C=N–C) groups is 1. The second-order valence-corrected chi connectivity index (χ2v) is 16.2. The Bertz CT molecular complexity index is 3550. The van der Waals surface area contributed by atoms with Crippen molar-refractivity contribution in [1.29, 1.82) is 0 Å². The van der Waals surface area contributed by atoms with Crippen LogP contribution in [0, 0.1) is 0 Å². The maximum Gasteiger partial charge on any atom is 0.136 e. The average molecular weight is 806 g/mol. The van der Waals surface area contributed by atoms with Gasteiger partial charge in [0.2, 0.25) is 0 Å². The summed E-state index contributed by atoms with van der Waals surface area (Å²) in [5.74, 6) is 0.871. The van der Waals surface area contributed by atoms with Gasteiger partial charge in [-0.2, -0.15) is 0 Å². The molecule has 4 heteroatoms. The molecule has 3 heterocycles. The van der Waals surface area contributed by atoms with Crippen molar-refractivity contribution in [3.05, 3.63) is 241 Å². The molecule has 1 atom stereocenters. The predicted molar refractivity (Wildman–Crippen MR) is 262 cm³/mol. The highest BCUT2D eigenvalue weighted by Gasteiger charge is 2.21. The first-order chi connectivity index (χ1) is 31.2. The first-order valence-corrected chi connectivity index (χ1v) is 21.4. The lowest BCUT2D eigenvalue weighted by atomic mass is 9.94. The first kappa shape index (κ1) is 36.5. The number of nitrogens with zero attached hydrogens (tertiary/aromatic N) is 2. The zero-order valence-corrected chi connectivity index (χ0v) is 34.2. The molecule has 0 saturated carbocycles. The summed E-state index contributed by atoms with van der Waals surface area (Å²) in [6.07, 6.45) is 2.23. The first-order valence-electron chi connectivity index (χ1n) is 21.4. The van der Waals surface area contributed by atoms with Crippen molar-refractivity contribution >= 4 is 55.1 Å². The monoisotopic (exact) mass is 805 g/mol. The number of nitrogens with one attached hydrogen (secondary N) is 1. The minimum atomic E-state index is -0.0397. The number of hydrogen-bond donors (Lipinski definition) is 1. The standard InChI is InChI=1S/C59H39N3O/c1-4-13-42(14-5-1)51-37-52(62-59(61-51)44-17-8-3-9-18-44)47-20-12-19-45(35-47)40-27-23-38(24-28-40)39-25-29-41(30-26-39)46-31-32-48-53(36-46)60-58(43-15-6-2-7-16-43)50-33-34-55-57(56(48)50)49-21-10-11-22-54(49)63-55/h1-37,52H,(H,61,62). The fourth-order valence-electron chi connectivity index (χ4n) is 9.16. The summed E-state index contributed by atoms with van der Waals surface area (Å²) in [5, 5.41) is 9.36. The quantitative estimate of drug-likeness (QED) is 0.163. The number of rotatable bonds is 7. The Labute approximate surface area is 365 Å². The maximum atomic E-state index is 6.36. The second-order valence-electron chi connectivity index (χ2n) is 16.2. The molecule has 11 aromatic rings. The van der Waals surface area contributed by atoms with Crippen molar-refractivity contribution in [3.8, 4) is 44.6 Å². The largest absolute Gasteiger partial charge is 0.456 e. The fraction of sp³-hybridized carbons (Fsp3) is 0.0169. The second kappa shape index (κ2) is 15.3. The summed E-state index contributed by atoms with van der Waals surface area (Å²) in [4.78, 5) is 10.4. The summed E-state index contributed by atoms with van der Waals surface area (Å²) >= 11 is 0. The minimum absolute atomic E-state index is 0.0397. The Morgan fingerprint density at radius 3 is 1.63 bits per heavy atom. The Morgan fingerprint density at radius 1 is 0.381 bits per heavy atom. The molecule has 0 amide bonds. The molecule has 1 unspecified atom stereocenters. The van der Waals surface area contributed by atoms with Crippen LogP contribution in [0.1, 0.15) is 22.7 Å². The van der Waals surface area contributed by atoms with Crippen LogP contribution in [-0.2, 0) is 0 Å². The number of hydrogen-bond acceptors (Lipinski definition) is 4. The molecular weight excluding hydrogens is 767 g/mol. The maximum absolute atomic E-state index is 6.36. The van der Waals surface area contributed by atoms with Crippen molar-refractivity contribution in [3.63, 3.8) is 0 Å². The van der Waals surface area contributed by atoms with Crippen LogP contribution in [0.2, 0.25) is 0 Å². The van der Waals surface area contributed by atoms with E-state index in [1.165, 1.54) is 33.2 Å². The van der Waals surface area contributed by atoms with Gasteiger partial charge in [-0.15, -0.1) is 0 Å². The van der Waals surface area contributed by atoms with Crippen LogP contribution in [0.25, 0.3) is 93.9 Å². The Balaban J connectivity index is 0.848. The third-order valence-corrected chi connectivity index (χ3v) is 12.3.